The highest BCUT2D eigenvalue weighted by Gasteiger charge is 2.53. The highest BCUT2D eigenvalue weighted by molar-refractivity contribution is 7.92. The molecule has 1 aromatic heterocycles. The van der Waals surface area contributed by atoms with Gasteiger partial charge in [0, 0.05) is 43.5 Å². The van der Waals surface area contributed by atoms with Crippen molar-refractivity contribution in [2.75, 3.05) is 18.8 Å². The minimum absolute atomic E-state index is 0.0263. The maximum Gasteiger partial charge on any atom is 0.224 e. The number of rotatable bonds is 4. The van der Waals surface area contributed by atoms with E-state index in [1.54, 1.807) is 18.5 Å². The lowest BCUT2D eigenvalue weighted by Gasteiger charge is -2.26. The van der Waals surface area contributed by atoms with E-state index in [4.69, 9.17) is 0 Å². The second-order valence-corrected chi connectivity index (χ2v) is 10.8. The van der Waals surface area contributed by atoms with Crippen molar-refractivity contribution in [1.82, 2.24) is 15.2 Å². The fourth-order valence-electron chi connectivity index (χ4n) is 5.28. The monoisotopic (exact) mass is 411 g/mol. The number of nitrogens with zero attached hydrogens (tertiary/aromatic N) is 2. The van der Waals surface area contributed by atoms with Gasteiger partial charge in [-0.1, -0.05) is 30.3 Å². The molecule has 0 bridgehead atoms. The number of carbonyl (C=O) groups is 1. The highest BCUT2D eigenvalue weighted by Crippen LogP contribution is 2.37. The van der Waals surface area contributed by atoms with Crippen molar-refractivity contribution < 1.29 is 13.2 Å². The Hall–Kier alpha value is -2.25. The number of fused-ring (bicyclic) bond motifs is 2. The molecule has 1 amide bonds. The lowest BCUT2D eigenvalue weighted by molar-refractivity contribution is -0.121. The molecule has 0 unspecified atom stereocenters. The molecular formula is C22H25N3O3S. The largest absolute Gasteiger partial charge is 0.352 e. The molecular weight excluding hydrogens is 386 g/mol. The van der Waals surface area contributed by atoms with Gasteiger partial charge in [0.05, 0.1) is 17.4 Å². The predicted octanol–water partition coefficient (Wildman–Crippen LogP) is 1.01. The van der Waals surface area contributed by atoms with Gasteiger partial charge in [0.15, 0.2) is 9.84 Å². The molecule has 29 heavy (non-hydrogen) atoms. The molecule has 0 spiro atoms. The van der Waals surface area contributed by atoms with Gasteiger partial charge < -0.3 is 5.32 Å². The lowest BCUT2D eigenvalue weighted by Crippen LogP contribution is -2.43. The average Bonchev–Trinajstić information content (AvgIpc) is 3.37. The average molecular weight is 412 g/mol. The number of sulfone groups is 1. The molecule has 2 aliphatic heterocycles. The van der Waals surface area contributed by atoms with Gasteiger partial charge in [-0.15, -0.1) is 0 Å². The number of likely N-dealkylation sites (tertiary alicyclic amines) is 1. The van der Waals surface area contributed by atoms with Gasteiger partial charge >= 0.3 is 0 Å². The van der Waals surface area contributed by atoms with Crippen molar-refractivity contribution >= 4 is 15.7 Å². The fraction of sp³-hybridized carbons (Fsp3) is 0.455. The third-order valence-corrected chi connectivity index (χ3v) is 8.95. The van der Waals surface area contributed by atoms with Crippen LogP contribution in [0.5, 0.6) is 0 Å². The Morgan fingerprint density at radius 3 is 2.55 bits per heavy atom. The first-order valence-electron chi connectivity index (χ1n) is 10.2. The molecule has 0 saturated carbocycles. The van der Waals surface area contributed by atoms with E-state index < -0.39 is 9.84 Å². The second-order valence-electron chi connectivity index (χ2n) is 8.53. The molecule has 2 saturated heterocycles. The van der Waals surface area contributed by atoms with E-state index in [-0.39, 0.29) is 35.3 Å². The van der Waals surface area contributed by atoms with E-state index in [1.807, 2.05) is 6.07 Å². The van der Waals surface area contributed by atoms with Gasteiger partial charge in [0.25, 0.3) is 0 Å². The van der Waals surface area contributed by atoms with Crippen LogP contribution >= 0.6 is 0 Å². The van der Waals surface area contributed by atoms with Crippen molar-refractivity contribution in [1.29, 1.82) is 0 Å². The van der Waals surface area contributed by atoms with Crippen LogP contribution in [0.25, 0.3) is 0 Å². The molecule has 1 N–H and O–H groups in total. The first kappa shape index (κ1) is 18.8. The summed E-state index contributed by atoms with van der Waals surface area (Å²) in [5.41, 5.74) is 3.58. The second kappa shape index (κ2) is 7.22. The Balaban J connectivity index is 1.27. The van der Waals surface area contributed by atoms with Crippen molar-refractivity contribution in [3.8, 4) is 0 Å². The zero-order chi connectivity index (χ0) is 20.0. The Morgan fingerprint density at radius 2 is 1.86 bits per heavy atom. The fourth-order valence-corrected chi connectivity index (χ4v) is 7.58. The molecule has 0 radical (unpaired) electrons. The normalized spacial score (nSPS) is 28.2. The van der Waals surface area contributed by atoms with Crippen LogP contribution in [0.3, 0.4) is 0 Å². The molecule has 2 aromatic rings. The van der Waals surface area contributed by atoms with Crippen LogP contribution in [0.15, 0.2) is 48.8 Å². The summed E-state index contributed by atoms with van der Waals surface area (Å²) in [7, 11) is -3.19. The third kappa shape index (κ3) is 3.57. The summed E-state index contributed by atoms with van der Waals surface area (Å²) in [5, 5.41) is 2.64. The Morgan fingerprint density at radius 1 is 1.10 bits per heavy atom. The number of aromatic nitrogens is 1. The van der Waals surface area contributed by atoms with Crippen LogP contribution in [-0.4, -0.2) is 60.4 Å². The maximum atomic E-state index is 12.8. The van der Waals surface area contributed by atoms with Crippen molar-refractivity contribution in [2.24, 2.45) is 5.92 Å². The number of hydrogen-bond donors (Lipinski definition) is 1. The lowest BCUT2D eigenvalue weighted by atomic mass is 10.00. The van der Waals surface area contributed by atoms with Crippen LogP contribution in [0.1, 0.15) is 16.7 Å². The smallest absolute Gasteiger partial charge is 0.224 e. The van der Waals surface area contributed by atoms with E-state index >= 15 is 0 Å². The number of nitrogens with one attached hydrogen (secondary N) is 1. The molecule has 2 fully saturated rings. The van der Waals surface area contributed by atoms with Gasteiger partial charge in [-0.3, -0.25) is 14.7 Å². The minimum Gasteiger partial charge on any atom is -0.352 e. The van der Waals surface area contributed by atoms with Crippen molar-refractivity contribution in [3.05, 3.63) is 65.5 Å². The molecule has 152 valence electrons. The van der Waals surface area contributed by atoms with Crippen LogP contribution in [0.2, 0.25) is 0 Å². The molecule has 3 heterocycles. The van der Waals surface area contributed by atoms with Gasteiger partial charge in [-0.2, -0.15) is 0 Å². The summed E-state index contributed by atoms with van der Waals surface area (Å²) < 4.78 is 25.6. The van der Waals surface area contributed by atoms with Gasteiger partial charge in [-0.05, 0) is 35.6 Å². The van der Waals surface area contributed by atoms with Crippen LogP contribution in [0, 0.1) is 5.92 Å². The minimum atomic E-state index is -3.19. The number of carbonyl (C=O) groups excluding carboxylic acids is 1. The number of benzene rings is 1. The zero-order valence-electron chi connectivity index (χ0n) is 16.2. The van der Waals surface area contributed by atoms with E-state index in [1.165, 1.54) is 11.1 Å². The van der Waals surface area contributed by atoms with Crippen LogP contribution in [0.4, 0.5) is 0 Å². The highest BCUT2D eigenvalue weighted by atomic mass is 32.2. The van der Waals surface area contributed by atoms with E-state index in [2.05, 4.69) is 39.5 Å². The van der Waals surface area contributed by atoms with Gasteiger partial charge in [-0.25, -0.2) is 8.42 Å². The Labute approximate surface area is 171 Å². The van der Waals surface area contributed by atoms with E-state index in [9.17, 15) is 13.2 Å². The first-order chi connectivity index (χ1) is 14.0. The number of pyridine rings is 1. The molecule has 3 atom stereocenters. The first-order valence-corrected chi connectivity index (χ1v) is 11.9. The number of amides is 1. The van der Waals surface area contributed by atoms with Crippen LogP contribution in [-0.2, 0) is 33.9 Å². The van der Waals surface area contributed by atoms with E-state index in [0.717, 1.165) is 24.9 Å². The molecule has 1 aliphatic carbocycles. The van der Waals surface area contributed by atoms with Crippen molar-refractivity contribution in [2.45, 2.75) is 36.6 Å². The maximum absolute atomic E-state index is 12.8. The molecule has 6 nitrogen and oxygen atoms in total. The molecule has 1 aromatic carbocycles. The molecule has 3 aliphatic rings. The zero-order valence-corrected chi connectivity index (χ0v) is 17.0. The van der Waals surface area contributed by atoms with E-state index in [0.29, 0.717) is 12.6 Å². The van der Waals surface area contributed by atoms with Gasteiger partial charge in [0.1, 0.15) is 0 Å². The summed E-state index contributed by atoms with van der Waals surface area (Å²) in [5.74, 6) is -0.105. The standard InChI is InChI=1S/C22H25N3O3S/c26-22(8-15-4-3-7-23-11-15)24-20-14-29(27,28)21-13-25(12-19(20)21)18-9-16-5-1-2-6-17(16)10-18/h1-7,11,18-21H,8-10,12-14H2,(H,24,26)/t19-,20+,21-/m0/s1. The van der Waals surface area contributed by atoms with Crippen molar-refractivity contribution in [3.63, 3.8) is 0 Å². The molecule has 7 heteroatoms. The summed E-state index contributed by atoms with van der Waals surface area (Å²) >= 11 is 0. The third-order valence-electron chi connectivity index (χ3n) is 6.71. The Kier molecular flexibility index (Phi) is 4.67. The SMILES string of the molecule is O=C(Cc1cccnc1)N[C@@H]1CS(=O)(=O)[C@H]2CN(C3Cc4ccccc4C3)C[C@@H]12. The summed E-state index contributed by atoms with van der Waals surface area (Å²) in [4.78, 5) is 18.9. The number of hydrogen-bond acceptors (Lipinski definition) is 5. The molecule has 5 rings (SSSR count). The van der Waals surface area contributed by atoms with Gasteiger partial charge in [0.2, 0.25) is 5.91 Å². The topological polar surface area (TPSA) is 79.4 Å². The quantitative estimate of drug-likeness (QED) is 0.812. The predicted molar refractivity (Wildman–Crippen MR) is 110 cm³/mol. The summed E-state index contributed by atoms with van der Waals surface area (Å²) in [6.45, 7) is 1.32. The summed E-state index contributed by atoms with van der Waals surface area (Å²) in [6.07, 6.45) is 5.53. The Bertz CT molecular complexity index is 1000. The van der Waals surface area contributed by atoms with Crippen LogP contribution < -0.4 is 5.32 Å². The summed E-state index contributed by atoms with van der Waals surface area (Å²) in [6, 6.07) is 12.2.